The molecule has 1 N–H and O–H groups in total. The molecule has 2 heterocycles. The number of aliphatic carboxylic acids is 1. The summed E-state index contributed by atoms with van der Waals surface area (Å²) >= 11 is 5.27. The fraction of sp³-hybridized carbons (Fsp3) is 0.643. The molecule has 0 saturated carbocycles. The SMILES string of the molecule is CCN(CC(=O)O)C1CCN(Cc2cc(Br)cs2)CC1. The number of likely N-dealkylation sites (N-methyl/N-ethyl adjacent to an activating group) is 1. The zero-order chi connectivity index (χ0) is 14.5. The van der Waals surface area contributed by atoms with E-state index < -0.39 is 5.97 Å². The second kappa shape index (κ2) is 7.54. The highest BCUT2D eigenvalue weighted by Gasteiger charge is 2.25. The summed E-state index contributed by atoms with van der Waals surface area (Å²) in [6.45, 7) is 6.13. The van der Waals surface area contributed by atoms with Crippen LogP contribution in [0.1, 0.15) is 24.6 Å². The number of thiophene rings is 1. The first-order valence-corrected chi connectivity index (χ1v) is 8.67. The van der Waals surface area contributed by atoms with Gasteiger partial charge in [0.25, 0.3) is 0 Å². The van der Waals surface area contributed by atoms with Gasteiger partial charge in [-0.05, 0) is 41.4 Å². The van der Waals surface area contributed by atoms with E-state index in [4.69, 9.17) is 5.11 Å². The van der Waals surface area contributed by atoms with Gasteiger partial charge in [-0.25, -0.2) is 0 Å². The van der Waals surface area contributed by atoms with Gasteiger partial charge >= 0.3 is 5.97 Å². The fourth-order valence-electron chi connectivity index (χ4n) is 2.77. The number of hydrogen-bond acceptors (Lipinski definition) is 4. The maximum Gasteiger partial charge on any atom is 0.317 e. The highest BCUT2D eigenvalue weighted by atomic mass is 79.9. The lowest BCUT2D eigenvalue weighted by molar-refractivity contribution is -0.139. The molecule has 6 heteroatoms. The van der Waals surface area contributed by atoms with Crippen molar-refractivity contribution in [1.82, 2.24) is 9.80 Å². The zero-order valence-corrected chi connectivity index (χ0v) is 14.1. The van der Waals surface area contributed by atoms with Gasteiger partial charge in [0, 0.05) is 40.4 Å². The first-order valence-electron chi connectivity index (χ1n) is 6.99. The molecule has 1 aromatic rings. The van der Waals surface area contributed by atoms with Crippen LogP contribution < -0.4 is 0 Å². The molecule has 20 heavy (non-hydrogen) atoms. The van der Waals surface area contributed by atoms with E-state index in [2.05, 4.69) is 37.2 Å². The molecule has 1 aliphatic rings. The van der Waals surface area contributed by atoms with Gasteiger partial charge in [0.15, 0.2) is 0 Å². The van der Waals surface area contributed by atoms with E-state index >= 15 is 0 Å². The normalized spacial score (nSPS) is 17.8. The van der Waals surface area contributed by atoms with Gasteiger partial charge < -0.3 is 5.11 Å². The minimum absolute atomic E-state index is 0.166. The standard InChI is InChI=1S/C14H21BrN2O2S/c1-2-17(9-14(18)19)12-3-5-16(6-4-12)8-13-7-11(15)10-20-13/h7,10,12H,2-6,8-9H2,1H3,(H,18,19). The van der Waals surface area contributed by atoms with Crippen LogP contribution in [0.5, 0.6) is 0 Å². The van der Waals surface area contributed by atoms with E-state index in [0.29, 0.717) is 6.04 Å². The number of carbonyl (C=O) groups is 1. The van der Waals surface area contributed by atoms with E-state index in [1.54, 1.807) is 11.3 Å². The maximum atomic E-state index is 10.9. The van der Waals surface area contributed by atoms with E-state index in [1.807, 2.05) is 6.92 Å². The molecule has 0 aromatic carbocycles. The van der Waals surface area contributed by atoms with E-state index in [0.717, 1.165) is 43.5 Å². The number of carboxylic acid groups (broad SMARTS) is 1. The summed E-state index contributed by atoms with van der Waals surface area (Å²) in [5.74, 6) is -0.724. The van der Waals surface area contributed by atoms with E-state index in [9.17, 15) is 4.79 Å². The third-order valence-corrected chi connectivity index (χ3v) is 5.50. The molecule has 112 valence electrons. The zero-order valence-electron chi connectivity index (χ0n) is 11.7. The molecule has 0 spiro atoms. The lowest BCUT2D eigenvalue weighted by Crippen LogP contribution is -2.46. The van der Waals surface area contributed by atoms with Gasteiger partial charge in [-0.15, -0.1) is 11.3 Å². The summed E-state index contributed by atoms with van der Waals surface area (Å²) in [7, 11) is 0. The van der Waals surface area contributed by atoms with E-state index in [-0.39, 0.29) is 6.54 Å². The Hall–Kier alpha value is -0.430. The molecule has 0 aliphatic carbocycles. The number of halogens is 1. The molecular weight excluding hydrogens is 340 g/mol. The highest BCUT2D eigenvalue weighted by molar-refractivity contribution is 9.10. The monoisotopic (exact) mass is 360 g/mol. The van der Waals surface area contributed by atoms with Crippen molar-refractivity contribution in [2.24, 2.45) is 0 Å². The second-order valence-corrected chi connectivity index (χ2v) is 7.11. The second-order valence-electron chi connectivity index (χ2n) is 5.20. The maximum absolute atomic E-state index is 10.9. The molecule has 0 amide bonds. The number of rotatable bonds is 6. The van der Waals surface area contributed by atoms with Crippen molar-refractivity contribution in [3.05, 3.63) is 20.8 Å². The van der Waals surface area contributed by atoms with Crippen molar-refractivity contribution in [3.8, 4) is 0 Å². The Morgan fingerprint density at radius 2 is 2.25 bits per heavy atom. The number of piperidine rings is 1. The summed E-state index contributed by atoms with van der Waals surface area (Å²) < 4.78 is 1.16. The Balaban J connectivity index is 1.80. The van der Waals surface area contributed by atoms with Crippen LogP contribution in [0, 0.1) is 0 Å². The van der Waals surface area contributed by atoms with Crippen LogP contribution >= 0.6 is 27.3 Å². The Kier molecular flexibility index (Phi) is 6.01. The Morgan fingerprint density at radius 1 is 1.55 bits per heavy atom. The minimum Gasteiger partial charge on any atom is -0.480 e. The molecule has 0 atom stereocenters. The molecular formula is C14H21BrN2O2S. The van der Waals surface area contributed by atoms with Crippen LogP contribution in [0.2, 0.25) is 0 Å². The smallest absolute Gasteiger partial charge is 0.317 e. The van der Waals surface area contributed by atoms with Crippen molar-refractivity contribution in [2.45, 2.75) is 32.4 Å². The lowest BCUT2D eigenvalue weighted by Gasteiger charge is -2.37. The van der Waals surface area contributed by atoms with Gasteiger partial charge in [-0.1, -0.05) is 6.92 Å². The van der Waals surface area contributed by atoms with Crippen molar-refractivity contribution < 1.29 is 9.90 Å². The number of nitrogens with zero attached hydrogens (tertiary/aromatic N) is 2. The van der Waals surface area contributed by atoms with E-state index in [1.165, 1.54) is 4.88 Å². The van der Waals surface area contributed by atoms with Crippen molar-refractivity contribution in [1.29, 1.82) is 0 Å². The predicted molar refractivity (Wildman–Crippen MR) is 85.2 cm³/mol. The van der Waals surface area contributed by atoms with Crippen molar-refractivity contribution in [2.75, 3.05) is 26.2 Å². The Morgan fingerprint density at radius 3 is 2.75 bits per heavy atom. The molecule has 0 bridgehead atoms. The van der Waals surface area contributed by atoms with Crippen LogP contribution in [0.3, 0.4) is 0 Å². The Labute approximate surface area is 132 Å². The topological polar surface area (TPSA) is 43.8 Å². The molecule has 1 aliphatic heterocycles. The molecule has 0 unspecified atom stereocenters. The minimum atomic E-state index is -0.724. The van der Waals surface area contributed by atoms with Gasteiger partial charge in [0.1, 0.15) is 0 Å². The largest absolute Gasteiger partial charge is 0.480 e. The molecule has 1 aromatic heterocycles. The van der Waals surface area contributed by atoms with Gasteiger partial charge in [-0.2, -0.15) is 0 Å². The summed E-state index contributed by atoms with van der Waals surface area (Å²) in [5, 5.41) is 11.1. The quantitative estimate of drug-likeness (QED) is 0.846. The number of carboxylic acids is 1. The number of likely N-dealkylation sites (tertiary alicyclic amines) is 1. The van der Waals surface area contributed by atoms with Crippen molar-refractivity contribution >= 4 is 33.2 Å². The lowest BCUT2D eigenvalue weighted by atomic mass is 10.0. The average Bonchev–Trinajstić information content (AvgIpc) is 2.82. The Bertz CT molecular complexity index is 444. The average molecular weight is 361 g/mol. The predicted octanol–water partition coefficient (Wildman–Crippen LogP) is 2.88. The van der Waals surface area contributed by atoms with Gasteiger partial charge in [-0.3, -0.25) is 14.6 Å². The van der Waals surface area contributed by atoms with Gasteiger partial charge in [0.2, 0.25) is 0 Å². The summed E-state index contributed by atoms with van der Waals surface area (Å²) in [4.78, 5) is 16.8. The first kappa shape index (κ1) is 15.9. The van der Waals surface area contributed by atoms with Crippen LogP contribution in [0.4, 0.5) is 0 Å². The van der Waals surface area contributed by atoms with Crippen molar-refractivity contribution in [3.63, 3.8) is 0 Å². The highest BCUT2D eigenvalue weighted by Crippen LogP contribution is 2.23. The fourth-order valence-corrected chi connectivity index (χ4v) is 4.26. The summed E-state index contributed by atoms with van der Waals surface area (Å²) in [6.07, 6.45) is 2.13. The third kappa shape index (κ3) is 4.55. The summed E-state index contributed by atoms with van der Waals surface area (Å²) in [5.41, 5.74) is 0. The van der Waals surface area contributed by atoms with Crippen LogP contribution in [-0.2, 0) is 11.3 Å². The van der Waals surface area contributed by atoms with Crippen LogP contribution in [-0.4, -0.2) is 53.1 Å². The molecule has 4 nitrogen and oxygen atoms in total. The van der Waals surface area contributed by atoms with Crippen LogP contribution in [0.15, 0.2) is 15.9 Å². The molecule has 1 saturated heterocycles. The molecule has 2 rings (SSSR count). The van der Waals surface area contributed by atoms with Gasteiger partial charge in [0.05, 0.1) is 6.54 Å². The molecule has 1 fully saturated rings. The third-order valence-electron chi connectivity index (χ3n) is 3.82. The summed E-state index contributed by atoms with van der Waals surface area (Å²) in [6, 6.07) is 2.60. The van der Waals surface area contributed by atoms with Crippen LogP contribution in [0.25, 0.3) is 0 Å². The molecule has 0 radical (unpaired) electrons. The number of hydrogen-bond donors (Lipinski definition) is 1. The first-order chi connectivity index (χ1) is 9.58.